The van der Waals surface area contributed by atoms with E-state index in [9.17, 15) is 0 Å². The van der Waals surface area contributed by atoms with Crippen LogP contribution in [0.1, 0.15) is 25.0 Å². The van der Waals surface area contributed by atoms with E-state index in [1.54, 1.807) is 0 Å². The fourth-order valence-corrected chi connectivity index (χ4v) is 4.61. The van der Waals surface area contributed by atoms with Gasteiger partial charge in [-0.2, -0.15) is 0 Å². The summed E-state index contributed by atoms with van der Waals surface area (Å²) in [6.45, 7) is 8.23. The lowest BCUT2D eigenvalue weighted by atomic mass is 10.0. The van der Waals surface area contributed by atoms with E-state index in [0.29, 0.717) is 0 Å². The average molecular weight is 534 g/mol. The van der Waals surface area contributed by atoms with Gasteiger partial charge in [0.15, 0.2) is 0 Å². The summed E-state index contributed by atoms with van der Waals surface area (Å²) in [5.41, 5.74) is 11.1. The van der Waals surface area contributed by atoms with Crippen LogP contribution in [-0.4, -0.2) is 0 Å². The van der Waals surface area contributed by atoms with Gasteiger partial charge >= 0.3 is 0 Å². The molecule has 0 unspecified atom stereocenters. The molecule has 0 fully saturated rings. The maximum Gasteiger partial charge on any atom is 0.0462 e. The number of para-hydroxylation sites is 1. The van der Waals surface area contributed by atoms with Crippen LogP contribution in [0.4, 0.5) is 17.1 Å². The molecule has 1 nitrogen and oxygen atoms in total. The lowest BCUT2D eigenvalue weighted by Gasteiger charge is -2.25. The molecule has 0 N–H and O–H groups in total. The Hall–Kier alpha value is -4.88. The number of anilines is 3. The highest BCUT2D eigenvalue weighted by molar-refractivity contribution is 5.78. The predicted octanol–water partition coefficient (Wildman–Crippen LogP) is 11.8. The Kier molecular flexibility index (Phi) is 10.7. The van der Waals surface area contributed by atoms with Gasteiger partial charge in [0.2, 0.25) is 0 Å². The van der Waals surface area contributed by atoms with Crippen molar-refractivity contribution < 1.29 is 0 Å². The fraction of sp³-hybridized carbons (Fsp3) is 0.100. The Morgan fingerprint density at radius 1 is 0.317 bits per heavy atom. The summed E-state index contributed by atoms with van der Waals surface area (Å²) in [6, 6.07) is 57.4. The summed E-state index contributed by atoms with van der Waals surface area (Å²) < 4.78 is 0. The third kappa shape index (κ3) is 8.06. The maximum absolute atomic E-state index is 2.29. The third-order valence-electron chi connectivity index (χ3n) is 6.66. The number of hydrogen-bond acceptors (Lipinski definition) is 1. The minimum Gasteiger partial charge on any atom is -0.311 e. The summed E-state index contributed by atoms with van der Waals surface area (Å²) in [5, 5.41) is 0. The molecule has 0 aliphatic rings. The van der Waals surface area contributed by atoms with Crippen LogP contribution in [0.5, 0.6) is 0 Å². The smallest absolute Gasteiger partial charge is 0.0462 e. The van der Waals surface area contributed by atoms with Crippen LogP contribution in [-0.2, 0) is 0 Å². The summed E-state index contributed by atoms with van der Waals surface area (Å²) in [6.07, 6.45) is 0. The fourth-order valence-electron chi connectivity index (χ4n) is 4.61. The molecule has 0 amide bonds. The van der Waals surface area contributed by atoms with Gasteiger partial charge in [0.25, 0.3) is 0 Å². The Balaban J connectivity index is 0.000000216. The molecule has 6 rings (SSSR count). The molecule has 0 bridgehead atoms. The minimum atomic E-state index is 1.15. The van der Waals surface area contributed by atoms with Crippen molar-refractivity contribution in [3.63, 3.8) is 0 Å². The Bertz CT molecular complexity index is 1570. The van der Waals surface area contributed by atoms with E-state index < -0.39 is 0 Å². The van der Waals surface area contributed by atoms with Gasteiger partial charge in [-0.15, -0.1) is 0 Å². The minimum absolute atomic E-state index is 1.15. The number of hydrogen-bond donors (Lipinski definition) is 0. The van der Waals surface area contributed by atoms with Crippen LogP contribution in [0.15, 0.2) is 164 Å². The van der Waals surface area contributed by atoms with Crippen LogP contribution in [0.2, 0.25) is 0 Å². The second kappa shape index (κ2) is 15.1. The molecule has 0 aliphatic heterocycles. The summed E-state index contributed by atoms with van der Waals surface area (Å²) in [4.78, 5) is 2.29. The Labute approximate surface area is 246 Å². The molecule has 6 aromatic rings. The van der Waals surface area contributed by atoms with E-state index in [0.717, 1.165) is 17.1 Å². The van der Waals surface area contributed by atoms with Crippen molar-refractivity contribution in [3.05, 3.63) is 175 Å². The molecule has 0 aliphatic carbocycles. The van der Waals surface area contributed by atoms with E-state index in [1.807, 2.05) is 26.0 Å². The van der Waals surface area contributed by atoms with Crippen molar-refractivity contribution >= 4 is 17.1 Å². The van der Waals surface area contributed by atoms with Crippen molar-refractivity contribution in [2.24, 2.45) is 0 Å². The van der Waals surface area contributed by atoms with Crippen LogP contribution in [0, 0.1) is 13.8 Å². The van der Waals surface area contributed by atoms with Gasteiger partial charge in [0.05, 0.1) is 0 Å². The summed E-state index contributed by atoms with van der Waals surface area (Å²) in [7, 11) is 0. The van der Waals surface area contributed by atoms with E-state index >= 15 is 0 Å². The molecule has 0 aromatic heterocycles. The van der Waals surface area contributed by atoms with Gasteiger partial charge in [0, 0.05) is 17.1 Å². The van der Waals surface area contributed by atoms with Crippen molar-refractivity contribution in [1.29, 1.82) is 0 Å². The highest BCUT2D eigenvalue weighted by Gasteiger charge is 2.12. The standard InChI is InChI=1S/C25H21N.C13H12.C2H6/c1-20-12-16-24(17-13-20)26(23-10-6-3-7-11-23)25-18-14-22(15-19-25)21-8-4-2-5-9-21;1-11-6-5-9-13(10-11)12-7-3-2-4-8-12;1-2/h2-19H,1H3;2-10H,1H3;1-2H3. The Morgan fingerprint density at radius 3 is 1.22 bits per heavy atom. The molecule has 1 heteroatoms. The van der Waals surface area contributed by atoms with Crippen LogP contribution < -0.4 is 4.90 Å². The molecular formula is C40H39N. The largest absolute Gasteiger partial charge is 0.311 e. The summed E-state index contributed by atoms with van der Waals surface area (Å²) >= 11 is 0. The highest BCUT2D eigenvalue weighted by Crippen LogP contribution is 2.35. The average Bonchev–Trinajstić information content (AvgIpc) is 3.05. The summed E-state index contributed by atoms with van der Waals surface area (Å²) in [5.74, 6) is 0. The van der Waals surface area contributed by atoms with Crippen molar-refractivity contribution in [2.45, 2.75) is 27.7 Å². The molecule has 41 heavy (non-hydrogen) atoms. The van der Waals surface area contributed by atoms with E-state index in [-0.39, 0.29) is 0 Å². The number of benzene rings is 6. The van der Waals surface area contributed by atoms with Gasteiger partial charge in [-0.1, -0.05) is 152 Å². The van der Waals surface area contributed by atoms with Crippen LogP contribution in [0.3, 0.4) is 0 Å². The van der Waals surface area contributed by atoms with E-state index in [2.05, 4.69) is 170 Å². The number of rotatable bonds is 5. The lowest BCUT2D eigenvalue weighted by Crippen LogP contribution is -2.09. The monoisotopic (exact) mass is 533 g/mol. The molecule has 0 saturated carbocycles. The second-order valence-corrected chi connectivity index (χ2v) is 9.65. The van der Waals surface area contributed by atoms with E-state index in [4.69, 9.17) is 0 Å². The zero-order valence-corrected chi connectivity index (χ0v) is 24.5. The second-order valence-electron chi connectivity index (χ2n) is 9.65. The van der Waals surface area contributed by atoms with Crippen LogP contribution >= 0.6 is 0 Å². The first-order chi connectivity index (χ1) is 20.2. The molecular weight excluding hydrogens is 494 g/mol. The zero-order chi connectivity index (χ0) is 28.9. The van der Waals surface area contributed by atoms with Crippen molar-refractivity contribution in [2.75, 3.05) is 4.90 Å². The third-order valence-corrected chi connectivity index (χ3v) is 6.66. The molecule has 0 spiro atoms. The molecule has 0 atom stereocenters. The van der Waals surface area contributed by atoms with Gasteiger partial charge in [-0.05, 0) is 72.5 Å². The van der Waals surface area contributed by atoms with Gasteiger partial charge < -0.3 is 4.90 Å². The first kappa shape index (κ1) is 29.1. The quantitative estimate of drug-likeness (QED) is 0.213. The SMILES string of the molecule is CC.Cc1ccc(N(c2ccccc2)c2ccc(-c3ccccc3)cc2)cc1.Cc1cccc(-c2ccccc2)c1. The molecule has 6 aromatic carbocycles. The van der Waals surface area contributed by atoms with Crippen molar-refractivity contribution in [3.8, 4) is 22.3 Å². The van der Waals surface area contributed by atoms with E-state index in [1.165, 1.54) is 33.4 Å². The zero-order valence-electron chi connectivity index (χ0n) is 24.5. The van der Waals surface area contributed by atoms with Crippen molar-refractivity contribution in [1.82, 2.24) is 0 Å². The van der Waals surface area contributed by atoms with Gasteiger partial charge in [-0.3, -0.25) is 0 Å². The first-order valence-electron chi connectivity index (χ1n) is 14.4. The lowest BCUT2D eigenvalue weighted by molar-refractivity contribution is 1.27. The van der Waals surface area contributed by atoms with Gasteiger partial charge in [0.1, 0.15) is 0 Å². The maximum atomic E-state index is 2.29. The molecule has 0 saturated heterocycles. The first-order valence-corrected chi connectivity index (χ1v) is 14.4. The molecule has 0 heterocycles. The van der Waals surface area contributed by atoms with Gasteiger partial charge in [-0.25, -0.2) is 0 Å². The topological polar surface area (TPSA) is 3.24 Å². The molecule has 204 valence electrons. The normalized spacial score (nSPS) is 9.95. The number of nitrogens with zero attached hydrogens (tertiary/aromatic N) is 1. The highest BCUT2D eigenvalue weighted by atomic mass is 15.1. The number of aryl methyl sites for hydroxylation is 2. The Morgan fingerprint density at radius 2 is 0.707 bits per heavy atom. The predicted molar refractivity (Wildman–Crippen MR) is 179 cm³/mol. The molecule has 0 radical (unpaired) electrons. The van der Waals surface area contributed by atoms with Crippen LogP contribution in [0.25, 0.3) is 22.3 Å².